The van der Waals surface area contributed by atoms with Crippen LogP contribution in [0.1, 0.15) is 16.2 Å². The highest BCUT2D eigenvalue weighted by molar-refractivity contribution is 7.17. The molecule has 0 saturated heterocycles. The van der Waals surface area contributed by atoms with E-state index in [9.17, 15) is 9.18 Å². The van der Waals surface area contributed by atoms with E-state index in [-0.39, 0.29) is 11.7 Å². The summed E-state index contributed by atoms with van der Waals surface area (Å²) < 4.78 is 25.0. The Morgan fingerprint density at radius 2 is 1.97 bits per heavy atom. The molecule has 31 heavy (non-hydrogen) atoms. The molecule has 0 aliphatic rings. The summed E-state index contributed by atoms with van der Waals surface area (Å²) in [6, 6.07) is 11.8. The summed E-state index contributed by atoms with van der Waals surface area (Å²) >= 11 is 1.35. The number of ether oxygens (including phenoxy) is 2. The maximum atomic E-state index is 14.0. The van der Waals surface area contributed by atoms with Crippen LogP contribution in [0.2, 0.25) is 0 Å². The first kappa shape index (κ1) is 20.7. The lowest BCUT2D eigenvalue weighted by molar-refractivity contribution is 0.0953. The average Bonchev–Trinajstić information content (AvgIpc) is 3.24. The van der Waals surface area contributed by atoms with E-state index in [1.54, 1.807) is 43.6 Å². The number of hydrogen-bond acceptors (Lipinski definition) is 6. The standard InChI is InChI=1S/C23H20FN3O3S/c1-29-19-7-6-14(12-20(19)30-2)23(28)26-11-9-21-25-10-8-18(27-21)16-13-31-22-15(16)4-3-5-17(22)24/h3-8,10,12-13H,9,11H2,1-2H3,(H,26,28). The van der Waals surface area contributed by atoms with Gasteiger partial charge in [-0.15, -0.1) is 11.3 Å². The van der Waals surface area contributed by atoms with E-state index < -0.39 is 0 Å². The Hall–Kier alpha value is -3.52. The molecule has 6 nitrogen and oxygen atoms in total. The molecule has 0 aliphatic carbocycles. The predicted octanol–water partition coefficient (Wildman–Crippen LogP) is 4.49. The number of aromatic nitrogens is 2. The Labute approximate surface area is 182 Å². The first-order valence-corrected chi connectivity index (χ1v) is 10.5. The summed E-state index contributed by atoms with van der Waals surface area (Å²) in [5, 5.41) is 5.60. The van der Waals surface area contributed by atoms with Gasteiger partial charge in [0.25, 0.3) is 5.91 Å². The summed E-state index contributed by atoms with van der Waals surface area (Å²) in [5.74, 6) is 1.19. The number of nitrogens with one attached hydrogen (secondary N) is 1. The molecule has 4 aromatic rings. The van der Waals surface area contributed by atoms with Crippen LogP contribution in [0.5, 0.6) is 11.5 Å². The van der Waals surface area contributed by atoms with E-state index in [1.165, 1.54) is 24.5 Å². The third kappa shape index (κ3) is 4.34. The molecule has 1 N–H and O–H groups in total. The van der Waals surface area contributed by atoms with E-state index in [2.05, 4.69) is 15.3 Å². The largest absolute Gasteiger partial charge is 0.493 e. The van der Waals surface area contributed by atoms with E-state index in [0.29, 0.717) is 40.6 Å². The van der Waals surface area contributed by atoms with Gasteiger partial charge in [-0.05, 0) is 30.3 Å². The molecule has 0 aliphatic heterocycles. The van der Waals surface area contributed by atoms with E-state index in [4.69, 9.17) is 9.47 Å². The van der Waals surface area contributed by atoms with Crippen molar-refractivity contribution in [2.24, 2.45) is 0 Å². The summed E-state index contributed by atoms with van der Waals surface area (Å²) in [6.07, 6.45) is 2.14. The Balaban J connectivity index is 1.44. The molecule has 0 radical (unpaired) electrons. The van der Waals surface area contributed by atoms with Crippen LogP contribution < -0.4 is 14.8 Å². The second-order valence-electron chi connectivity index (χ2n) is 6.70. The molecular weight excluding hydrogens is 417 g/mol. The van der Waals surface area contributed by atoms with Crippen molar-refractivity contribution in [3.63, 3.8) is 0 Å². The fourth-order valence-corrected chi connectivity index (χ4v) is 4.23. The van der Waals surface area contributed by atoms with Gasteiger partial charge in [-0.3, -0.25) is 4.79 Å². The summed E-state index contributed by atoms with van der Waals surface area (Å²) in [6.45, 7) is 0.371. The quantitative estimate of drug-likeness (QED) is 0.461. The monoisotopic (exact) mass is 437 g/mol. The minimum Gasteiger partial charge on any atom is -0.493 e. The van der Waals surface area contributed by atoms with Gasteiger partial charge in [-0.2, -0.15) is 0 Å². The van der Waals surface area contributed by atoms with Crippen LogP contribution in [0.4, 0.5) is 4.39 Å². The van der Waals surface area contributed by atoms with Gasteiger partial charge < -0.3 is 14.8 Å². The second kappa shape index (κ2) is 9.09. The summed E-state index contributed by atoms with van der Waals surface area (Å²) in [4.78, 5) is 21.3. The highest BCUT2D eigenvalue weighted by Crippen LogP contribution is 2.34. The molecule has 2 aromatic carbocycles. The van der Waals surface area contributed by atoms with Gasteiger partial charge in [0, 0.05) is 41.1 Å². The van der Waals surface area contributed by atoms with Crippen LogP contribution in [-0.4, -0.2) is 36.6 Å². The fourth-order valence-electron chi connectivity index (χ4n) is 3.26. The first-order chi connectivity index (χ1) is 15.1. The highest BCUT2D eigenvalue weighted by Gasteiger charge is 2.13. The van der Waals surface area contributed by atoms with Crippen molar-refractivity contribution < 1.29 is 18.7 Å². The van der Waals surface area contributed by atoms with Crippen molar-refractivity contribution in [3.05, 3.63) is 71.2 Å². The average molecular weight is 437 g/mol. The Morgan fingerprint density at radius 3 is 2.77 bits per heavy atom. The van der Waals surface area contributed by atoms with Gasteiger partial charge in [0.15, 0.2) is 11.5 Å². The molecule has 0 spiro atoms. The number of carbonyl (C=O) groups is 1. The molecule has 2 aromatic heterocycles. The molecule has 2 heterocycles. The van der Waals surface area contributed by atoms with Crippen molar-refractivity contribution in [1.29, 1.82) is 0 Å². The van der Waals surface area contributed by atoms with Crippen molar-refractivity contribution in [1.82, 2.24) is 15.3 Å². The number of nitrogens with zero attached hydrogens (tertiary/aromatic N) is 2. The number of fused-ring (bicyclic) bond motifs is 1. The number of carbonyl (C=O) groups excluding carboxylic acids is 1. The molecule has 4 rings (SSSR count). The van der Waals surface area contributed by atoms with Gasteiger partial charge in [-0.1, -0.05) is 12.1 Å². The molecule has 0 saturated carbocycles. The summed E-state index contributed by atoms with van der Waals surface area (Å²) in [5.41, 5.74) is 2.07. The van der Waals surface area contributed by atoms with Crippen molar-refractivity contribution in [2.75, 3.05) is 20.8 Å². The third-order valence-electron chi connectivity index (χ3n) is 4.81. The van der Waals surface area contributed by atoms with Crippen molar-refractivity contribution in [2.45, 2.75) is 6.42 Å². The Kier molecular flexibility index (Phi) is 6.08. The molecule has 8 heteroatoms. The van der Waals surface area contributed by atoms with Gasteiger partial charge in [-0.25, -0.2) is 14.4 Å². The van der Waals surface area contributed by atoms with E-state index in [0.717, 1.165) is 16.6 Å². The predicted molar refractivity (Wildman–Crippen MR) is 118 cm³/mol. The summed E-state index contributed by atoms with van der Waals surface area (Å²) in [7, 11) is 3.07. The number of halogens is 1. The zero-order valence-electron chi connectivity index (χ0n) is 17.0. The zero-order valence-corrected chi connectivity index (χ0v) is 17.8. The molecule has 0 bridgehead atoms. The van der Waals surface area contributed by atoms with Gasteiger partial charge in [0.05, 0.1) is 24.6 Å². The number of hydrogen-bond donors (Lipinski definition) is 1. The van der Waals surface area contributed by atoms with Gasteiger partial charge in [0.1, 0.15) is 11.6 Å². The Bertz CT molecular complexity index is 1240. The van der Waals surface area contributed by atoms with E-state index >= 15 is 0 Å². The van der Waals surface area contributed by atoms with Crippen molar-refractivity contribution in [3.8, 4) is 22.8 Å². The number of benzene rings is 2. The fraction of sp³-hybridized carbons (Fsp3) is 0.174. The molecule has 0 fully saturated rings. The van der Waals surface area contributed by atoms with Gasteiger partial charge in [0.2, 0.25) is 0 Å². The van der Waals surface area contributed by atoms with E-state index in [1.807, 2.05) is 11.4 Å². The first-order valence-electron chi connectivity index (χ1n) is 9.59. The van der Waals surface area contributed by atoms with Crippen LogP contribution in [0.15, 0.2) is 54.0 Å². The smallest absolute Gasteiger partial charge is 0.251 e. The zero-order chi connectivity index (χ0) is 21.8. The normalized spacial score (nSPS) is 10.8. The number of rotatable bonds is 7. The molecular formula is C23H20FN3O3S. The van der Waals surface area contributed by atoms with Crippen LogP contribution in [-0.2, 0) is 6.42 Å². The van der Waals surface area contributed by atoms with Crippen LogP contribution >= 0.6 is 11.3 Å². The highest BCUT2D eigenvalue weighted by atomic mass is 32.1. The van der Waals surface area contributed by atoms with Crippen LogP contribution in [0.25, 0.3) is 21.3 Å². The number of amides is 1. The SMILES string of the molecule is COc1ccc(C(=O)NCCc2nccc(-c3csc4c(F)cccc34)n2)cc1OC. The molecule has 0 unspecified atom stereocenters. The second-order valence-corrected chi connectivity index (χ2v) is 7.58. The maximum absolute atomic E-state index is 14.0. The molecule has 158 valence electrons. The van der Waals surface area contributed by atoms with Crippen LogP contribution in [0, 0.1) is 5.82 Å². The lowest BCUT2D eigenvalue weighted by Crippen LogP contribution is -2.26. The Morgan fingerprint density at radius 1 is 1.13 bits per heavy atom. The van der Waals surface area contributed by atoms with Crippen LogP contribution in [0.3, 0.4) is 0 Å². The minimum atomic E-state index is -0.235. The maximum Gasteiger partial charge on any atom is 0.251 e. The molecule has 1 amide bonds. The lowest BCUT2D eigenvalue weighted by Gasteiger charge is -2.10. The number of thiophene rings is 1. The number of methoxy groups -OCH3 is 2. The third-order valence-corrected chi connectivity index (χ3v) is 5.82. The molecule has 0 atom stereocenters. The van der Waals surface area contributed by atoms with Crippen molar-refractivity contribution >= 4 is 27.3 Å². The minimum absolute atomic E-state index is 0.226. The van der Waals surface area contributed by atoms with Gasteiger partial charge >= 0.3 is 0 Å². The topological polar surface area (TPSA) is 73.3 Å². The lowest BCUT2D eigenvalue weighted by atomic mass is 10.1.